The molecule has 0 radical (unpaired) electrons. The fourth-order valence-electron chi connectivity index (χ4n) is 2.92. The lowest BCUT2D eigenvalue weighted by molar-refractivity contribution is -0.384. The van der Waals surface area contributed by atoms with E-state index in [0.29, 0.717) is 19.0 Å². The summed E-state index contributed by atoms with van der Waals surface area (Å²) in [5.74, 6) is 0.250. The number of carbonyl (C=O) groups is 1. The van der Waals surface area contributed by atoms with Gasteiger partial charge in [-0.05, 0) is 18.2 Å². The molecule has 0 saturated heterocycles. The molecule has 2 aromatic carbocycles. The Hall–Kier alpha value is -2.93. The van der Waals surface area contributed by atoms with Crippen molar-refractivity contribution in [3.8, 4) is 0 Å². The van der Waals surface area contributed by atoms with Crippen LogP contribution in [0.1, 0.15) is 10.4 Å². The molecule has 0 bridgehead atoms. The van der Waals surface area contributed by atoms with E-state index in [1.54, 1.807) is 4.90 Å². The maximum absolute atomic E-state index is 12.8. The molecular formula is C16H11ClN4O3. The van der Waals surface area contributed by atoms with Gasteiger partial charge >= 0.3 is 0 Å². The second kappa shape index (κ2) is 5.31. The van der Waals surface area contributed by atoms with Crippen molar-refractivity contribution < 1.29 is 9.72 Å². The van der Waals surface area contributed by atoms with Gasteiger partial charge in [-0.2, -0.15) is 0 Å². The number of rotatable bonds is 2. The van der Waals surface area contributed by atoms with Crippen LogP contribution in [0.25, 0.3) is 11.0 Å². The van der Waals surface area contributed by atoms with Crippen molar-refractivity contribution >= 4 is 40.2 Å². The third kappa shape index (κ3) is 2.13. The van der Waals surface area contributed by atoms with Gasteiger partial charge in [-0.1, -0.05) is 23.7 Å². The summed E-state index contributed by atoms with van der Waals surface area (Å²) < 4.78 is 1.98. The highest BCUT2D eigenvalue weighted by atomic mass is 35.5. The van der Waals surface area contributed by atoms with Crippen LogP contribution in [0.3, 0.4) is 0 Å². The Morgan fingerprint density at radius 2 is 2.00 bits per heavy atom. The molecular weight excluding hydrogens is 332 g/mol. The number of anilines is 1. The number of nitrogens with zero attached hydrogens (tertiary/aromatic N) is 4. The Morgan fingerprint density at radius 3 is 2.75 bits per heavy atom. The number of nitro benzene ring substituents is 1. The molecule has 7 nitrogen and oxygen atoms in total. The molecule has 0 spiro atoms. The predicted octanol–water partition coefficient (Wildman–Crippen LogP) is 3.26. The van der Waals surface area contributed by atoms with Crippen molar-refractivity contribution in [3.63, 3.8) is 0 Å². The minimum Gasteiger partial charge on any atom is -0.308 e. The van der Waals surface area contributed by atoms with Crippen LogP contribution in [-0.4, -0.2) is 26.9 Å². The lowest BCUT2D eigenvalue weighted by atomic mass is 10.2. The van der Waals surface area contributed by atoms with Crippen LogP contribution in [0.5, 0.6) is 0 Å². The molecule has 8 heteroatoms. The van der Waals surface area contributed by atoms with Gasteiger partial charge in [-0.3, -0.25) is 19.8 Å². The highest BCUT2D eigenvalue weighted by molar-refractivity contribution is 6.34. The number of imidazole rings is 1. The summed E-state index contributed by atoms with van der Waals surface area (Å²) in [5.41, 5.74) is 1.87. The van der Waals surface area contributed by atoms with E-state index in [2.05, 4.69) is 4.98 Å². The molecule has 120 valence electrons. The first-order chi connectivity index (χ1) is 11.6. The minimum atomic E-state index is -0.546. The van der Waals surface area contributed by atoms with E-state index in [4.69, 9.17) is 11.6 Å². The predicted molar refractivity (Wildman–Crippen MR) is 89.5 cm³/mol. The van der Waals surface area contributed by atoms with Crippen molar-refractivity contribution in [1.82, 2.24) is 9.55 Å². The summed E-state index contributed by atoms with van der Waals surface area (Å²) >= 11 is 6.07. The summed E-state index contributed by atoms with van der Waals surface area (Å²) in [4.78, 5) is 29.1. The standard InChI is InChI=1S/C16H11ClN4O3/c17-12-9-10(21(23)24)5-6-11(12)15(22)20-8-7-19-14-4-2-1-3-13(14)18-16(19)20/h1-6,9H,7-8H2. The zero-order valence-corrected chi connectivity index (χ0v) is 13.1. The first kappa shape index (κ1) is 14.6. The zero-order chi connectivity index (χ0) is 16.8. The number of carbonyl (C=O) groups excluding carboxylic acids is 1. The van der Waals surface area contributed by atoms with Crippen LogP contribution in [0.15, 0.2) is 42.5 Å². The fourth-order valence-corrected chi connectivity index (χ4v) is 3.17. The number of non-ortho nitro benzene ring substituents is 1. The van der Waals surface area contributed by atoms with Crippen molar-refractivity contribution in [2.24, 2.45) is 0 Å². The highest BCUT2D eigenvalue weighted by Crippen LogP contribution is 2.30. The summed E-state index contributed by atoms with van der Waals surface area (Å²) in [6.07, 6.45) is 0. The van der Waals surface area contributed by atoms with E-state index < -0.39 is 4.92 Å². The van der Waals surface area contributed by atoms with Gasteiger partial charge in [0.1, 0.15) is 0 Å². The maximum Gasteiger partial charge on any atom is 0.270 e. The molecule has 2 heterocycles. The number of amides is 1. The number of benzene rings is 2. The molecule has 24 heavy (non-hydrogen) atoms. The molecule has 4 rings (SSSR count). The lowest BCUT2D eigenvalue weighted by Crippen LogP contribution is -2.29. The second-order valence-corrected chi connectivity index (χ2v) is 5.84. The molecule has 1 aromatic heterocycles. The SMILES string of the molecule is O=C(c1ccc([N+](=O)[O-])cc1Cl)N1CCn2c1nc1ccccc12. The average molecular weight is 343 g/mol. The Kier molecular flexibility index (Phi) is 3.24. The molecule has 1 aliphatic rings. The van der Waals surface area contributed by atoms with Gasteiger partial charge in [0.15, 0.2) is 0 Å². The molecule has 1 amide bonds. The van der Waals surface area contributed by atoms with Gasteiger partial charge in [-0.15, -0.1) is 0 Å². The van der Waals surface area contributed by atoms with Gasteiger partial charge in [0.25, 0.3) is 11.6 Å². The van der Waals surface area contributed by atoms with E-state index in [9.17, 15) is 14.9 Å². The zero-order valence-electron chi connectivity index (χ0n) is 12.3. The molecule has 0 unspecified atom stereocenters. The third-order valence-electron chi connectivity index (χ3n) is 4.06. The maximum atomic E-state index is 12.8. The molecule has 0 saturated carbocycles. The first-order valence-electron chi connectivity index (χ1n) is 7.27. The molecule has 1 aliphatic heterocycles. The van der Waals surface area contributed by atoms with Gasteiger partial charge < -0.3 is 4.57 Å². The van der Waals surface area contributed by atoms with E-state index >= 15 is 0 Å². The molecule has 0 aliphatic carbocycles. The average Bonchev–Trinajstić information content (AvgIpc) is 3.13. The first-order valence-corrected chi connectivity index (χ1v) is 7.65. The number of aromatic nitrogens is 2. The van der Waals surface area contributed by atoms with Crippen LogP contribution < -0.4 is 4.90 Å². The number of para-hydroxylation sites is 2. The Bertz CT molecular complexity index is 998. The van der Waals surface area contributed by atoms with Crippen LogP contribution in [0.4, 0.5) is 11.6 Å². The largest absolute Gasteiger partial charge is 0.308 e. The van der Waals surface area contributed by atoms with Gasteiger partial charge in [0.2, 0.25) is 5.95 Å². The monoisotopic (exact) mass is 342 g/mol. The van der Waals surface area contributed by atoms with Crippen LogP contribution >= 0.6 is 11.6 Å². The van der Waals surface area contributed by atoms with Crippen LogP contribution in [0.2, 0.25) is 5.02 Å². The lowest BCUT2D eigenvalue weighted by Gasteiger charge is -2.14. The Morgan fingerprint density at radius 1 is 1.21 bits per heavy atom. The van der Waals surface area contributed by atoms with Gasteiger partial charge in [0, 0.05) is 25.2 Å². The van der Waals surface area contributed by atoms with Crippen molar-refractivity contribution in [1.29, 1.82) is 0 Å². The van der Waals surface area contributed by atoms with E-state index in [1.807, 2.05) is 28.8 Å². The van der Waals surface area contributed by atoms with E-state index in [0.717, 1.165) is 11.0 Å². The van der Waals surface area contributed by atoms with Gasteiger partial charge in [0.05, 0.1) is 26.5 Å². The Labute approximate surface area is 141 Å². The van der Waals surface area contributed by atoms with E-state index in [1.165, 1.54) is 18.2 Å². The number of nitro groups is 1. The summed E-state index contributed by atoms with van der Waals surface area (Å²) in [6.45, 7) is 1.13. The molecule has 3 aromatic rings. The fraction of sp³-hybridized carbons (Fsp3) is 0.125. The summed E-state index contributed by atoms with van der Waals surface area (Å²) in [5, 5.41) is 10.9. The van der Waals surface area contributed by atoms with Crippen LogP contribution in [0, 0.1) is 10.1 Å². The van der Waals surface area contributed by atoms with Crippen molar-refractivity contribution in [2.45, 2.75) is 6.54 Å². The third-order valence-corrected chi connectivity index (χ3v) is 4.37. The molecule has 0 fully saturated rings. The minimum absolute atomic E-state index is 0.0590. The van der Waals surface area contributed by atoms with Crippen LogP contribution in [-0.2, 0) is 6.54 Å². The summed E-state index contributed by atoms with van der Waals surface area (Å²) in [7, 11) is 0. The number of hydrogen-bond acceptors (Lipinski definition) is 4. The van der Waals surface area contributed by atoms with E-state index in [-0.39, 0.29) is 22.2 Å². The smallest absolute Gasteiger partial charge is 0.270 e. The quantitative estimate of drug-likeness (QED) is 0.528. The van der Waals surface area contributed by atoms with Gasteiger partial charge in [-0.25, -0.2) is 4.98 Å². The van der Waals surface area contributed by atoms with Crippen molar-refractivity contribution in [2.75, 3.05) is 11.4 Å². The topological polar surface area (TPSA) is 81.3 Å². The molecule has 0 N–H and O–H groups in total. The normalized spacial score (nSPS) is 13.3. The Balaban J connectivity index is 1.74. The summed E-state index contributed by atoms with van der Waals surface area (Å²) in [6, 6.07) is 11.5. The van der Waals surface area contributed by atoms with Crippen molar-refractivity contribution in [3.05, 3.63) is 63.2 Å². The molecule has 0 atom stereocenters. The number of halogens is 1. The highest BCUT2D eigenvalue weighted by Gasteiger charge is 2.30. The number of hydrogen-bond donors (Lipinski definition) is 0. The number of fused-ring (bicyclic) bond motifs is 3. The second-order valence-electron chi connectivity index (χ2n) is 5.43.